The van der Waals surface area contributed by atoms with Gasteiger partial charge in [-0.2, -0.15) is 11.8 Å². The summed E-state index contributed by atoms with van der Waals surface area (Å²) in [5.74, 6) is 3.18. The van der Waals surface area contributed by atoms with E-state index in [0.29, 0.717) is 5.92 Å². The van der Waals surface area contributed by atoms with Crippen molar-refractivity contribution in [2.45, 2.75) is 39.5 Å². The average Bonchev–Trinajstić information content (AvgIpc) is 1.96. The van der Waals surface area contributed by atoms with Crippen molar-refractivity contribution in [2.75, 3.05) is 11.5 Å². The fraction of sp³-hybridized carbons (Fsp3) is 0.900. The van der Waals surface area contributed by atoms with E-state index in [2.05, 4.69) is 20.8 Å². The van der Waals surface area contributed by atoms with Crippen molar-refractivity contribution in [2.24, 2.45) is 5.92 Å². The second-order valence-electron chi connectivity index (χ2n) is 3.24. The molecular formula is C10H21S. The molecule has 0 aliphatic rings. The molecule has 0 aliphatic heterocycles. The normalized spacial score (nSPS) is 10.9. The van der Waals surface area contributed by atoms with Crippen LogP contribution >= 0.6 is 11.8 Å². The summed E-state index contributed by atoms with van der Waals surface area (Å²) in [4.78, 5) is 0. The van der Waals surface area contributed by atoms with E-state index in [0.717, 1.165) is 0 Å². The molecule has 0 aromatic carbocycles. The largest absolute Gasteiger partial charge is 0.162 e. The van der Waals surface area contributed by atoms with Crippen LogP contribution in [0.4, 0.5) is 0 Å². The minimum atomic E-state index is 0.617. The van der Waals surface area contributed by atoms with Crippen LogP contribution in [0.2, 0.25) is 0 Å². The topological polar surface area (TPSA) is 0 Å². The Morgan fingerprint density at radius 3 is 2.55 bits per heavy atom. The minimum Gasteiger partial charge on any atom is -0.162 e. The molecule has 0 saturated carbocycles. The molecule has 67 valence electrons. The molecule has 0 heterocycles. The number of hydrogen-bond donors (Lipinski definition) is 0. The zero-order valence-electron chi connectivity index (χ0n) is 7.94. The molecule has 0 aromatic rings. The van der Waals surface area contributed by atoms with Crippen molar-refractivity contribution in [1.29, 1.82) is 0 Å². The Kier molecular flexibility index (Phi) is 8.72. The van der Waals surface area contributed by atoms with E-state index in [4.69, 9.17) is 0 Å². The van der Waals surface area contributed by atoms with Gasteiger partial charge in [-0.25, -0.2) is 0 Å². The predicted molar refractivity (Wildman–Crippen MR) is 56.0 cm³/mol. The van der Waals surface area contributed by atoms with Gasteiger partial charge in [0, 0.05) is 0 Å². The lowest BCUT2D eigenvalue weighted by Gasteiger charge is -2.03. The Morgan fingerprint density at radius 1 is 1.27 bits per heavy atom. The lowest BCUT2D eigenvalue weighted by Crippen LogP contribution is -1.92. The van der Waals surface area contributed by atoms with Gasteiger partial charge < -0.3 is 0 Å². The number of unbranched alkanes of at least 4 members (excludes halogenated alkanes) is 3. The van der Waals surface area contributed by atoms with Crippen molar-refractivity contribution in [3.8, 4) is 0 Å². The third kappa shape index (κ3) is 10.4. The summed E-state index contributed by atoms with van der Waals surface area (Å²) in [6.45, 7) is 8.39. The van der Waals surface area contributed by atoms with Gasteiger partial charge in [0.25, 0.3) is 0 Å². The van der Waals surface area contributed by atoms with Gasteiger partial charge in [0.2, 0.25) is 0 Å². The molecule has 0 fully saturated rings. The Morgan fingerprint density at radius 2 is 2.00 bits per heavy atom. The molecule has 1 heteroatoms. The highest BCUT2D eigenvalue weighted by Crippen LogP contribution is 2.10. The first-order valence-corrected chi connectivity index (χ1v) is 5.83. The summed E-state index contributed by atoms with van der Waals surface area (Å²) in [7, 11) is 0. The summed E-state index contributed by atoms with van der Waals surface area (Å²) >= 11 is 2.05. The summed E-state index contributed by atoms with van der Waals surface area (Å²) in [5, 5.41) is 0. The standard InChI is InChI=1S/C10H21S/c1-4-5-6-7-8-11-9-10(2)3/h10H,2,4-9H2,1,3H3. The summed E-state index contributed by atoms with van der Waals surface area (Å²) in [6.07, 6.45) is 5.55. The second-order valence-corrected chi connectivity index (χ2v) is 4.39. The highest BCUT2D eigenvalue weighted by atomic mass is 32.2. The SMILES string of the molecule is [CH2]C(C)CSCCCCCC. The first kappa shape index (κ1) is 11.4. The molecule has 11 heavy (non-hydrogen) atoms. The molecule has 0 spiro atoms. The zero-order valence-corrected chi connectivity index (χ0v) is 8.75. The van der Waals surface area contributed by atoms with Gasteiger partial charge in [-0.3, -0.25) is 0 Å². The number of rotatable bonds is 7. The van der Waals surface area contributed by atoms with Gasteiger partial charge in [-0.05, 0) is 30.8 Å². The van der Waals surface area contributed by atoms with Crippen molar-refractivity contribution < 1.29 is 0 Å². The maximum absolute atomic E-state index is 3.95. The smallest absolute Gasteiger partial charge is 0.00418 e. The van der Waals surface area contributed by atoms with Crippen LogP contribution in [-0.2, 0) is 0 Å². The number of thioether (sulfide) groups is 1. The quantitative estimate of drug-likeness (QED) is 0.528. The third-order valence-electron chi connectivity index (χ3n) is 1.54. The Balaban J connectivity index is 2.80. The van der Waals surface area contributed by atoms with Crippen LogP contribution in [0, 0.1) is 12.8 Å². The molecule has 0 N–H and O–H groups in total. The van der Waals surface area contributed by atoms with Gasteiger partial charge in [0.05, 0.1) is 0 Å². The summed E-state index contributed by atoms with van der Waals surface area (Å²) in [5.41, 5.74) is 0. The van der Waals surface area contributed by atoms with Crippen LogP contribution in [0.1, 0.15) is 39.5 Å². The van der Waals surface area contributed by atoms with E-state index < -0.39 is 0 Å². The van der Waals surface area contributed by atoms with E-state index in [1.54, 1.807) is 0 Å². The highest BCUT2D eigenvalue weighted by molar-refractivity contribution is 7.99. The van der Waals surface area contributed by atoms with E-state index in [9.17, 15) is 0 Å². The molecule has 0 amide bonds. The average molecular weight is 173 g/mol. The molecule has 1 atom stereocenters. The van der Waals surface area contributed by atoms with E-state index in [1.165, 1.54) is 37.2 Å². The molecule has 1 unspecified atom stereocenters. The fourth-order valence-electron chi connectivity index (χ4n) is 0.915. The molecular weight excluding hydrogens is 152 g/mol. The fourth-order valence-corrected chi connectivity index (χ4v) is 1.89. The molecule has 0 rings (SSSR count). The van der Waals surface area contributed by atoms with Crippen LogP contribution in [0.3, 0.4) is 0 Å². The third-order valence-corrected chi connectivity index (χ3v) is 2.93. The summed E-state index contributed by atoms with van der Waals surface area (Å²) < 4.78 is 0. The summed E-state index contributed by atoms with van der Waals surface area (Å²) in [6, 6.07) is 0. The van der Waals surface area contributed by atoms with Gasteiger partial charge in [-0.1, -0.05) is 33.1 Å². The van der Waals surface area contributed by atoms with E-state index in [1.807, 2.05) is 11.8 Å². The van der Waals surface area contributed by atoms with Gasteiger partial charge in [-0.15, -0.1) is 0 Å². The first-order chi connectivity index (χ1) is 5.27. The van der Waals surface area contributed by atoms with Crippen LogP contribution in [-0.4, -0.2) is 11.5 Å². The first-order valence-electron chi connectivity index (χ1n) is 4.68. The van der Waals surface area contributed by atoms with Crippen LogP contribution in [0.5, 0.6) is 0 Å². The number of hydrogen-bond acceptors (Lipinski definition) is 1. The Hall–Kier alpha value is 0.350. The second kappa shape index (κ2) is 8.45. The van der Waals surface area contributed by atoms with Gasteiger partial charge in [0.15, 0.2) is 0 Å². The van der Waals surface area contributed by atoms with Crippen molar-refractivity contribution >= 4 is 11.8 Å². The van der Waals surface area contributed by atoms with Crippen molar-refractivity contribution in [1.82, 2.24) is 0 Å². The van der Waals surface area contributed by atoms with Crippen LogP contribution < -0.4 is 0 Å². The van der Waals surface area contributed by atoms with Gasteiger partial charge in [0.1, 0.15) is 0 Å². The Labute approximate surface area is 76.1 Å². The maximum atomic E-state index is 3.95. The Bertz CT molecular complexity index is 69.3. The highest BCUT2D eigenvalue weighted by Gasteiger charge is 1.93. The molecule has 1 radical (unpaired) electrons. The zero-order chi connectivity index (χ0) is 8.53. The monoisotopic (exact) mass is 173 g/mol. The van der Waals surface area contributed by atoms with E-state index >= 15 is 0 Å². The molecule has 0 bridgehead atoms. The predicted octanol–water partition coefficient (Wildman–Crippen LogP) is 3.77. The lowest BCUT2D eigenvalue weighted by atomic mass is 10.2. The maximum Gasteiger partial charge on any atom is -0.00418 e. The molecule has 0 saturated heterocycles. The van der Waals surface area contributed by atoms with Crippen LogP contribution in [0.15, 0.2) is 0 Å². The van der Waals surface area contributed by atoms with Gasteiger partial charge >= 0.3 is 0 Å². The van der Waals surface area contributed by atoms with Crippen molar-refractivity contribution in [3.05, 3.63) is 6.92 Å². The molecule has 0 aromatic heterocycles. The minimum absolute atomic E-state index is 0.617. The van der Waals surface area contributed by atoms with E-state index in [-0.39, 0.29) is 0 Å². The lowest BCUT2D eigenvalue weighted by molar-refractivity contribution is 0.706. The van der Waals surface area contributed by atoms with Crippen LogP contribution in [0.25, 0.3) is 0 Å². The molecule has 0 nitrogen and oxygen atoms in total. The molecule has 0 aliphatic carbocycles. The van der Waals surface area contributed by atoms with Crippen molar-refractivity contribution in [3.63, 3.8) is 0 Å².